The molecule has 0 radical (unpaired) electrons. The fourth-order valence-corrected chi connectivity index (χ4v) is 2.19. The summed E-state index contributed by atoms with van der Waals surface area (Å²) in [5.41, 5.74) is -0.214. The molecule has 4 nitrogen and oxygen atoms in total. The lowest BCUT2D eigenvalue weighted by Gasteiger charge is -2.20. The number of hydrogen-bond donors (Lipinski definition) is 1. The second kappa shape index (κ2) is 5.33. The molecule has 0 aromatic heterocycles. The SMILES string of the molecule is C=C[C@]1(C)COC(=O)[C@H]1C(=O)C=C(O)c1ccccc1. The van der Waals surface area contributed by atoms with Crippen LogP contribution >= 0.6 is 0 Å². The van der Waals surface area contributed by atoms with E-state index in [2.05, 4.69) is 6.58 Å². The maximum atomic E-state index is 12.2. The first-order valence-corrected chi connectivity index (χ1v) is 6.28. The molecule has 2 atom stereocenters. The summed E-state index contributed by atoms with van der Waals surface area (Å²) in [6.45, 7) is 5.52. The van der Waals surface area contributed by atoms with Crippen LogP contribution in [0.1, 0.15) is 12.5 Å². The van der Waals surface area contributed by atoms with Gasteiger partial charge in [0.1, 0.15) is 18.3 Å². The van der Waals surface area contributed by atoms with Gasteiger partial charge in [-0.05, 0) is 0 Å². The lowest BCUT2D eigenvalue weighted by Crippen LogP contribution is -2.31. The topological polar surface area (TPSA) is 63.6 Å². The molecule has 0 saturated carbocycles. The second-order valence-corrected chi connectivity index (χ2v) is 5.05. The van der Waals surface area contributed by atoms with Crippen molar-refractivity contribution in [1.29, 1.82) is 0 Å². The van der Waals surface area contributed by atoms with Crippen LogP contribution in [0.25, 0.3) is 5.76 Å². The molecule has 0 unspecified atom stereocenters. The van der Waals surface area contributed by atoms with Gasteiger partial charge in [0.2, 0.25) is 0 Å². The molecule has 0 amide bonds. The lowest BCUT2D eigenvalue weighted by atomic mass is 9.77. The number of rotatable bonds is 4. The first-order valence-electron chi connectivity index (χ1n) is 6.28. The van der Waals surface area contributed by atoms with Gasteiger partial charge in [-0.15, -0.1) is 6.58 Å². The van der Waals surface area contributed by atoms with Crippen molar-refractivity contribution >= 4 is 17.5 Å². The maximum absolute atomic E-state index is 12.2. The van der Waals surface area contributed by atoms with Crippen molar-refractivity contribution in [2.45, 2.75) is 6.92 Å². The maximum Gasteiger partial charge on any atom is 0.317 e. The zero-order valence-corrected chi connectivity index (χ0v) is 11.2. The molecule has 1 fully saturated rings. The predicted molar refractivity (Wildman–Crippen MR) is 74.8 cm³/mol. The fraction of sp³-hybridized carbons (Fsp3) is 0.250. The Balaban J connectivity index is 2.28. The van der Waals surface area contributed by atoms with Gasteiger partial charge in [0.25, 0.3) is 0 Å². The summed E-state index contributed by atoms with van der Waals surface area (Å²) in [7, 11) is 0. The minimum Gasteiger partial charge on any atom is -0.507 e. The summed E-state index contributed by atoms with van der Waals surface area (Å²) in [6, 6.07) is 8.67. The molecule has 1 N–H and O–H groups in total. The number of benzene rings is 1. The molecule has 4 heteroatoms. The van der Waals surface area contributed by atoms with Crippen LogP contribution in [-0.2, 0) is 14.3 Å². The Bertz CT molecular complexity index is 573. The number of carbonyl (C=O) groups excluding carboxylic acids is 2. The number of ketones is 1. The van der Waals surface area contributed by atoms with Crippen molar-refractivity contribution in [1.82, 2.24) is 0 Å². The minimum absolute atomic E-state index is 0.131. The van der Waals surface area contributed by atoms with Crippen LogP contribution in [0.2, 0.25) is 0 Å². The summed E-state index contributed by atoms with van der Waals surface area (Å²) in [4.78, 5) is 23.9. The van der Waals surface area contributed by atoms with Crippen LogP contribution < -0.4 is 0 Å². The molecular formula is C16H16O4. The zero-order chi connectivity index (χ0) is 14.8. The van der Waals surface area contributed by atoms with Gasteiger partial charge in [0, 0.05) is 17.1 Å². The summed E-state index contributed by atoms with van der Waals surface area (Å²) < 4.78 is 4.94. The van der Waals surface area contributed by atoms with Crippen molar-refractivity contribution in [3.8, 4) is 0 Å². The van der Waals surface area contributed by atoms with Gasteiger partial charge in [-0.3, -0.25) is 9.59 Å². The number of allylic oxidation sites excluding steroid dienone is 1. The molecule has 0 bridgehead atoms. The Labute approximate surface area is 117 Å². The van der Waals surface area contributed by atoms with E-state index in [1.165, 1.54) is 0 Å². The van der Waals surface area contributed by atoms with Crippen molar-refractivity contribution in [3.05, 3.63) is 54.6 Å². The van der Waals surface area contributed by atoms with E-state index < -0.39 is 23.1 Å². The highest BCUT2D eigenvalue weighted by molar-refractivity contribution is 6.09. The number of ether oxygens (including phenoxy) is 1. The minimum atomic E-state index is -0.953. The van der Waals surface area contributed by atoms with E-state index in [1.54, 1.807) is 37.3 Å². The fourth-order valence-electron chi connectivity index (χ4n) is 2.19. The van der Waals surface area contributed by atoms with E-state index in [4.69, 9.17) is 4.74 Å². The van der Waals surface area contributed by atoms with Crippen LogP contribution in [0.15, 0.2) is 49.1 Å². The second-order valence-electron chi connectivity index (χ2n) is 5.05. The number of aliphatic hydroxyl groups excluding tert-OH is 1. The van der Waals surface area contributed by atoms with Crippen molar-refractivity contribution in [2.75, 3.05) is 6.61 Å². The molecule has 0 aliphatic carbocycles. The molecule has 1 aromatic carbocycles. The van der Waals surface area contributed by atoms with Crippen molar-refractivity contribution in [2.24, 2.45) is 11.3 Å². The van der Waals surface area contributed by atoms with E-state index in [0.29, 0.717) is 5.56 Å². The summed E-state index contributed by atoms with van der Waals surface area (Å²) in [6.07, 6.45) is 2.63. The molecule has 1 aromatic rings. The van der Waals surface area contributed by atoms with E-state index in [9.17, 15) is 14.7 Å². The Morgan fingerprint density at radius 1 is 1.45 bits per heavy atom. The Hall–Kier alpha value is -2.36. The third kappa shape index (κ3) is 2.50. The molecule has 104 valence electrons. The molecular weight excluding hydrogens is 256 g/mol. The molecule has 20 heavy (non-hydrogen) atoms. The van der Waals surface area contributed by atoms with Gasteiger partial charge in [0.15, 0.2) is 5.78 Å². The van der Waals surface area contributed by atoms with E-state index in [0.717, 1.165) is 6.08 Å². The molecule has 1 aliphatic rings. The van der Waals surface area contributed by atoms with Gasteiger partial charge < -0.3 is 9.84 Å². The first kappa shape index (κ1) is 14.1. The Kier molecular flexibility index (Phi) is 3.74. The van der Waals surface area contributed by atoms with Crippen LogP contribution in [-0.4, -0.2) is 23.5 Å². The number of cyclic esters (lactones) is 1. The largest absolute Gasteiger partial charge is 0.507 e. The standard InChI is InChI=1S/C16H16O4/c1-3-16(2)10-20-15(19)14(16)13(18)9-12(17)11-7-5-4-6-8-11/h3-9,14,17H,1,10H2,2H3/t14-,16-/m1/s1. The zero-order valence-electron chi connectivity index (χ0n) is 11.2. The van der Waals surface area contributed by atoms with Crippen molar-refractivity contribution in [3.63, 3.8) is 0 Å². The lowest BCUT2D eigenvalue weighted by molar-refractivity contribution is -0.143. The predicted octanol–water partition coefficient (Wildman–Crippen LogP) is 2.52. The Morgan fingerprint density at radius 2 is 2.10 bits per heavy atom. The van der Waals surface area contributed by atoms with Gasteiger partial charge in [-0.1, -0.05) is 43.3 Å². The normalized spacial score (nSPS) is 26.1. The van der Waals surface area contributed by atoms with Crippen LogP contribution in [0, 0.1) is 11.3 Å². The molecule has 1 aliphatic heterocycles. The van der Waals surface area contributed by atoms with E-state index in [-0.39, 0.29) is 12.4 Å². The molecule has 1 saturated heterocycles. The number of esters is 1. The van der Waals surface area contributed by atoms with Crippen molar-refractivity contribution < 1.29 is 19.4 Å². The highest BCUT2D eigenvalue weighted by atomic mass is 16.5. The van der Waals surface area contributed by atoms with Crippen LogP contribution in [0.4, 0.5) is 0 Å². The highest BCUT2D eigenvalue weighted by Gasteiger charge is 2.48. The van der Waals surface area contributed by atoms with Gasteiger partial charge >= 0.3 is 5.97 Å². The number of aliphatic hydroxyl groups is 1. The van der Waals surface area contributed by atoms with Gasteiger partial charge in [-0.2, -0.15) is 0 Å². The quantitative estimate of drug-likeness (QED) is 0.301. The summed E-state index contributed by atoms with van der Waals surface area (Å²) in [5.74, 6) is -2.17. The van der Waals surface area contributed by atoms with Gasteiger partial charge in [-0.25, -0.2) is 0 Å². The highest BCUT2D eigenvalue weighted by Crippen LogP contribution is 2.37. The number of carbonyl (C=O) groups is 2. The average molecular weight is 272 g/mol. The smallest absolute Gasteiger partial charge is 0.317 e. The third-order valence-electron chi connectivity index (χ3n) is 3.52. The molecule has 0 spiro atoms. The van der Waals surface area contributed by atoms with Crippen LogP contribution in [0.5, 0.6) is 0 Å². The average Bonchev–Trinajstić information content (AvgIpc) is 2.76. The third-order valence-corrected chi connectivity index (χ3v) is 3.52. The van der Waals surface area contributed by atoms with E-state index in [1.807, 2.05) is 6.07 Å². The monoisotopic (exact) mass is 272 g/mol. The Morgan fingerprint density at radius 3 is 2.70 bits per heavy atom. The number of hydrogen-bond acceptors (Lipinski definition) is 4. The molecule has 2 rings (SSSR count). The summed E-state index contributed by atoms with van der Waals surface area (Å²) >= 11 is 0. The van der Waals surface area contributed by atoms with Crippen LogP contribution in [0.3, 0.4) is 0 Å². The first-order chi connectivity index (χ1) is 9.48. The van der Waals surface area contributed by atoms with Gasteiger partial charge in [0.05, 0.1) is 0 Å². The molecule has 1 heterocycles. The van der Waals surface area contributed by atoms with E-state index >= 15 is 0 Å². The summed E-state index contributed by atoms with van der Waals surface area (Å²) in [5, 5.41) is 9.94.